The van der Waals surface area contributed by atoms with Gasteiger partial charge < -0.3 is 5.11 Å². The molecule has 0 aliphatic carbocycles. The lowest BCUT2D eigenvalue weighted by atomic mass is 10.2. The summed E-state index contributed by atoms with van der Waals surface area (Å²) in [6, 6.07) is 6.82. The number of sulfonamides is 1. The van der Waals surface area contributed by atoms with E-state index in [1.807, 2.05) is 4.72 Å². The largest absolute Gasteiger partial charge is 0.507 e. The Morgan fingerprint density at radius 3 is 2.40 bits per heavy atom. The van der Waals surface area contributed by atoms with E-state index in [0.29, 0.717) is 0 Å². The zero-order valence-corrected chi connectivity index (χ0v) is 11.2. The van der Waals surface area contributed by atoms with Gasteiger partial charge in [-0.2, -0.15) is 0 Å². The summed E-state index contributed by atoms with van der Waals surface area (Å²) in [5, 5.41) is 9.51. The number of para-hydroxylation sites is 1. The lowest BCUT2D eigenvalue weighted by Crippen LogP contribution is -2.14. The molecule has 0 atom stereocenters. The molecule has 0 bridgehead atoms. The minimum Gasteiger partial charge on any atom is -0.507 e. The molecule has 0 amide bonds. The third-order valence-electron chi connectivity index (χ3n) is 2.65. The smallest absolute Gasteiger partial charge is 0.265 e. The minimum atomic E-state index is -4.20. The van der Waals surface area contributed by atoms with Crippen LogP contribution in [0.1, 0.15) is 5.56 Å². The third-order valence-corrected chi connectivity index (χ3v) is 4.06. The molecule has 20 heavy (non-hydrogen) atoms. The molecule has 2 N–H and O–H groups in total. The van der Waals surface area contributed by atoms with Crippen LogP contribution in [0.3, 0.4) is 0 Å². The van der Waals surface area contributed by atoms with E-state index in [1.54, 1.807) is 0 Å². The van der Waals surface area contributed by atoms with E-state index in [1.165, 1.54) is 25.1 Å². The van der Waals surface area contributed by atoms with Gasteiger partial charge in [0.1, 0.15) is 22.3 Å². The predicted octanol–water partition coefficient (Wildman–Crippen LogP) is 2.78. The molecule has 0 heterocycles. The Balaban J connectivity index is 2.44. The molecule has 0 spiro atoms. The van der Waals surface area contributed by atoms with Gasteiger partial charge in [-0.25, -0.2) is 17.2 Å². The zero-order chi connectivity index (χ0) is 14.9. The second-order valence-electron chi connectivity index (χ2n) is 4.15. The number of aryl methyl sites for hydroxylation is 1. The van der Waals surface area contributed by atoms with Gasteiger partial charge in [0, 0.05) is 6.07 Å². The Bertz CT molecular complexity index is 760. The van der Waals surface area contributed by atoms with Crippen LogP contribution in [0.25, 0.3) is 0 Å². The fraction of sp³-hybridized carbons (Fsp3) is 0.0769. The van der Waals surface area contributed by atoms with Crippen molar-refractivity contribution in [2.45, 2.75) is 11.8 Å². The van der Waals surface area contributed by atoms with E-state index in [0.717, 1.165) is 18.2 Å². The molecule has 7 heteroatoms. The molecule has 0 aliphatic rings. The van der Waals surface area contributed by atoms with Crippen LogP contribution in [0.15, 0.2) is 41.3 Å². The van der Waals surface area contributed by atoms with Crippen LogP contribution in [0.5, 0.6) is 5.75 Å². The first-order valence-electron chi connectivity index (χ1n) is 5.58. The summed E-state index contributed by atoms with van der Waals surface area (Å²) >= 11 is 0. The number of phenolic OH excluding ortho intramolecular Hbond substituents is 1. The number of benzene rings is 2. The maximum Gasteiger partial charge on any atom is 0.265 e. The van der Waals surface area contributed by atoms with Gasteiger partial charge in [-0.3, -0.25) is 4.72 Å². The van der Waals surface area contributed by atoms with Gasteiger partial charge in [0.25, 0.3) is 10.0 Å². The summed E-state index contributed by atoms with van der Waals surface area (Å²) in [7, 11) is -4.20. The molecule has 0 aromatic heterocycles. The zero-order valence-electron chi connectivity index (χ0n) is 10.4. The summed E-state index contributed by atoms with van der Waals surface area (Å²) in [5.41, 5.74) is -0.454. The van der Waals surface area contributed by atoms with Gasteiger partial charge in [0.15, 0.2) is 0 Å². The summed E-state index contributed by atoms with van der Waals surface area (Å²) in [5.74, 6) is -2.11. The van der Waals surface area contributed by atoms with Crippen molar-refractivity contribution in [2.75, 3.05) is 4.72 Å². The van der Waals surface area contributed by atoms with Crippen molar-refractivity contribution < 1.29 is 22.3 Å². The molecule has 0 fully saturated rings. The Morgan fingerprint density at radius 2 is 1.75 bits per heavy atom. The fourth-order valence-electron chi connectivity index (χ4n) is 1.61. The van der Waals surface area contributed by atoms with E-state index in [4.69, 9.17) is 0 Å². The summed E-state index contributed by atoms with van der Waals surface area (Å²) in [6.07, 6.45) is 0. The van der Waals surface area contributed by atoms with Gasteiger partial charge in [0.2, 0.25) is 0 Å². The van der Waals surface area contributed by atoms with Crippen LogP contribution in [0.2, 0.25) is 0 Å². The van der Waals surface area contributed by atoms with Crippen molar-refractivity contribution in [3.8, 4) is 5.75 Å². The third kappa shape index (κ3) is 2.72. The maximum atomic E-state index is 13.6. The highest BCUT2D eigenvalue weighted by Crippen LogP contribution is 2.26. The molecular formula is C13H11F2NO3S. The molecule has 2 rings (SSSR count). The molecule has 106 valence electrons. The standard InChI is InChI=1S/C13H11F2NO3S/c1-8-6-10(15)11(7-9(8)14)16-20(18,19)13-5-3-2-4-12(13)17/h2-7,16-17H,1H3. The molecule has 0 saturated carbocycles. The van der Waals surface area contributed by atoms with Crippen LogP contribution >= 0.6 is 0 Å². The van der Waals surface area contributed by atoms with Crippen LogP contribution in [-0.2, 0) is 10.0 Å². The lowest BCUT2D eigenvalue weighted by Gasteiger charge is -2.11. The first-order chi connectivity index (χ1) is 9.31. The van der Waals surface area contributed by atoms with Crippen molar-refractivity contribution in [1.82, 2.24) is 0 Å². The van der Waals surface area contributed by atoms with Gasteiger partial charge in [-0.05, 0) is 30.7 Å². The normalized spacial score (nSPS) is 11.3. The van der Waals surface area contributed by atoms with Crippen LogP contribution in [0, 0.1) is 18.6 Å². The number of rotatable bonds is 3. The predicted molar refractivity (Wildman–Crippen MR) is 70.0 cm³/mol. The molecule has 0 aliphatic heterocycles. The highest BCUT2D eigenvalue weighted by atomic mass is 32.2. The van der Waals surface area contributed by atoms with Crippen molar-refractivity contribution in [1.29, 1.82) is 0 Å². The second kappa shape index (κ2) is 5.09. The molecule has 2 aromatic carbocycles. The summed E-state index contributed by atoms with van der Waals surface area (Å²) < 4.78 is 52.9. The molecule has 0 saturated heterocycles. The summed E-state index contributed by atoms with van der Waals surface area (Å²) in [6.45, 7) is 1.36. The quantitative estimate of drug-likeness (QED) is 0.916. The van der Waals surface area contributed by atoms with Crippen LogP contribution < -0.4 is 4.72 Å². The number of hydrogen-bond acceptors (Lipinski definition) is 3. The van der Waals surface area contributed by atoms with Crippen molar-refractivity contribution in [3.63, 3.8) is 0 Å². The van der Waals surface area contributed by atoms with Crippen molar-refractivity contribution >= 4 is 15.7 Å². The Morgan fingerprint density at radius 1 is 1.10 bits per heavy atom. The highest BCUT2D eigenvalue weighted by molar-refractivity contribution is 7.92. The Hall–Kier alpha value is -2.15. The van der Waals surface area contributed by atoms with Gasteiger partial charge in [-0.15, -0.1) is 0 Å². The van der Waals surface area contributed by atoms with E-state index in [9.17, 15) is 22.3 Å². The minimum absolute atomic E-state index is 0.0630. The lowest BCUT2D eigenvalue weighted by molar-refractivity contribution is 0.459. The monoisotopic (exact) mass is 299 g/mol. The van der Waals surface area contributed by atoms with E-state index in [-0.39, 0.29) is 5.56 Å². The van der Waals surface area contributed by atoms with E-state index in [2.05, 4.69) is 0 Å². The number of hydrogen-bond donors (Lipinski definition) is 2. The maximum absolute atomic E-state index is 13.6. The Kier molecular flexibility index (Phi) is 3.63. The molecular weight excluding hydrogens is 288 g/mol. The number of aromatic hydroxyl groups is 1. The molecule has 0 radical (unpaired) electrons. The molecule has 4 nitrogen and oxygen atoms in total. The first kappa shape index (κ1) is 14.3. The van der Waals surface area contributed by atoms with E-state index < -0.39 is 38.0 Å². The molecule has 0 unspecified atom stereocenters. The van der Waals surface area contributed by atoms with Gasteiger partial charge in [0.05, 0.1) is 5.69 Å². The van der Waals surface area contributed by atoms with E-state index >= 15 is 0 Å². The summed E-state index contributed by atoms with van der Waals surface area (Å²) in [4.78, 5) is -0.416. The average molecular weight is 299 g/mol. The van der Waals surface area contributed by atoms with Crippen LogP contribution in [0.4, 0.5) is 14.5 Å². The van der Waals surface area contributed by atoms with Crippen molar-refractivity contribution in [2.24, 2.45) is 0 Å². The average Bonchev–Trinajstić information content (AvgIpc) is 2.36. The number of phenols is 1. The van der Waals surface area contributed by atoms with Crippen molar-refractivity contribution in [3.05, 3.63) is 53.6 Å². The Labute approximate surface area is 114 Å². The topological polar surface area (TPSA) is 66.4 Å². The van der Waals surface area contributed by atoms with Gasteiger partial charge >= 0.3 is 0 Å². The van der Waals surface area contributed by atoms with Crippen LogP contribution in [-0.4, -0.2) is 13.5 Å². The van der Waals surface area contributed by atoms with Gasteiger partial charge in [-0.1, -0.05) is 12.1 Å². The number of nitrogens with one attached hydrogen (secondary N) is 1. The molecule has 2 aromatic rings. The number of halogens is 2. The SMILES string of the molecule is Cc1cc(F)c(NS(=O)(=O)c2ccccc2O)cc1F. The second-order valence-corrected chi connectivity index (χ2v) is 5.81. The first-order valence-corrected chi connectivity index (χ1v) is 7.06. The highest BCUT2D eigenvalue weighted by Gasteiger charge is 2.20. The fourth-order valence-corrected chi connectivity index (χ4v) is 2.77. The number of anilines is 1.